The number of benzene rings is 1. The average Bonchev–Trinajstić information content (AvgIpc) is 2.96. The monoisotopic (exact) mass is 351 g/mol. The first-order valence-electron chi connectivity index (χ1n) is 7.04. The van der Waals surface area contributed by atoms with Crippen molar-refractivity contribution < 1.29 is 38.4 Å². The minimum absolute atomic E-state index is 0.0749. The molecule has 0 saturated heterocycles. The van der Waals surface area contributed by atoms with E-state index in [0.29, 0.717) is 5.39 Å². The Labute approximate surface area is 142 Å². The summed E-state index contributed by atoms with van der Waals surface area (Å²) in [6, 6.07) is 2.65. The number of fused-ring (bicyclic) bond motifs is 1. The molecule has 0 aliphatic rings. The van der Waals surface area contributed by atoms with Crippen molar-refractivity contribution in [1.82, 2.24) is 4.57 Å². The number of hydrogen-bond acceptors (Lipinski definition) is 8. The maximum Gasteiger partial charge on any atom is 0.354 e. The highest BCUT2D eigenvalue weighted by atomic mass is 16.5. The van der Waals surface area contributed by atoms with Crippen LogP contribution in [0.15, 0.2) is 12.1 Å². The summed E-state index contributed by atoms with van der Waals surface area (Å²) < 4.78 is 20.5. The fourth-order valence-electron chi connectivity index (χ4n) is 2.57. The highest BCUT2D eigenvalue weighted by Gasteiger charge is 2.30. The third kappa shape index (κ3) is 3.01. The van der Waals surface area contributed by atoms with Gasteiger partial charge in [-0.3, -0.25) is 0 Å². The lowest BCUT2D eigenvalue weighted by Crippen LogP contribution is -2.17. The summed E-state index contributed by atoms with van der Waals surface area (Å²) in [6.45, 7) is -0.108. The maximum atomic E-state index is 12.3. The first-order valence-corrected chi connectivity index (χ1v) is 7.04. The number of methoxy groups -OCH3 is 4. The normalized spacial score (nSPS) is 10.6. The zero-order valence-corrected chi connectivity index (χ0v) is 14.1. The molecule has 134 valence electrons. The van der Waals surface area contributed by atoms with Gasteiger partial charge in [-0.25, -0.2) is 14.4 Å². The van der Waals surface area contributed by atoms with E-state index in [2.05, 4.69) is 4.74 Å². The summed E-state index contributed by atoms with van der Waals surface area (Å²) >= 11 is 0. The van der Waals surface area contributed by atoms with Crippen LogP contribution in [0.5, 0.6) is 5.75 Å². The van der Waals surface area contributed by atoms with Gasteiger partial charge in [-0.05, 0) is 12.1 Å². The van der Waals surface area contributed by atoms with Gasteiger partial charge < -0.3 is 28.6 Å². The molecule has 2 aromatic rings. The molecular formula is C16H17NO8. The summed E-state index contributed by atoms with van der Waals surface area (Å²) in [4.78, 5) is 36.4. The molecule has 0 spiro atoms. The second-order valence-electron chi connectivity index (χ2n) is 4.93. The first kappa shape index (κ1) is 18.3. The lowest BCUT2D eigenvalue weighted by atomic mass is 10.0. The lowest BCUT2D eigenvalue weighted by Gasteiger charge is -2.14. The lowest BCUT2D eigenvalue weighted by molar-refractivity contribution is 0.0550. The van der Waals surface area contributed by atoms with Crippen LogP contribution in [-0.4, -0.2) is 56.0 Å². The number of rotatable bonds is 5. The summed E-state index contributed by atoms with van der Waals surface area (Å²) in [5, 5.41) is 10.5. The van der Waals surface area contributed by atoms with E-state index in [4.69, 9.17) is 14.2 Å². The molecule has 1 heterocycles. The van der Waals surface area contributed by atoms with Crippen LogP contribution in [0.25, 0.3) is 10.9 Å². The van der Waals surface area contributed by atoms with E-state index >= 15 is 0 Å². The minimum Gasteiger partial charge on any atom is -0.507 e. The molecular weight excluding hydrogens is 334 g/mol. The van der Waals surface area contributed by atoms with Crippen molar-refractivity contribution >= 4 is 28.8 Å². The molecule has 1 N–H and O–H groups in total. The zero-order chi connectivity index (χ0) is 18.7. The Morgan fingerprint density at radius 1 is 0.920 bits per heavy atom. The van der Waals surface area contributed by atoms with E-state index in [1.807, 2.05) is 0 Å². The number of aromatic hydroxyl groups is 1. The van der Waals surface area contributed by atoms with Crippen LogP contribution in [0, 0.1) is 0 Å². The second kappa shape index (κ2) is 7.22. The Hall–Kier alpha value is -3.07. The van der Waals surface area contributed by atoms with Crippen molar-refractivity contribution in [3.05, 3.63) is 29.0 Å². The number of phenols is 1. The molecule has 9 nitrogen and oxygen atoms in total. The third-order valence-corrected chi connectivity index (χ3v) is 3.59. The molecule has 0 saturated carbocycles. The number of carbonyl (C=O) groups is 3. The molecule has 0 amide bonds. The molecule has 25 heavy (non-hydrogen) atoms. The summed E-state index contributed by atoms with van der Waals surface area (Å²) in [6.07, 6.45) is 0. The minimum atomic E-state index is -0.926. The first-order chi connectivity index (χ1) is 11.9. The standard InChI is InChI=1S/C16H17NO8/c1-22-7-17-9(14(19)23-2)5-8-6-10(18)11(15(20)24-3)12(13(8)17)16(21)25-4/h5-6,18H,7H2,1-4H3. The molecule has 2 rings (SSSR count). The van der Waals surface area contributed by atoms with Crippen LogP contribution >= 0.6 is 0 Å². The van der Waals surface area contributed by atoms with Gasteiger partial charge >= 0.3 is 17.9 Å². The number of carbonyl (C=O) groups excluding carboxylic acids is 3. The van der Waals surface area contributed by atoms with Crippen LogP contribution in [0.2, 0.25) is 0 Å². The SMILES string of the molecule is COCn1c(C(=O)OC)cc2cc(O)c(C(=O)OC)c(C(=O)OC)c21. The van der Waals surface area contributed by atoms with Crippen molar-refractivity contribution in [2.45, 2.75) is 6.73 Å². The summed E-state index contributed by atoms with van der Waals surface area (Å²) in [5.74, 6) is -2.97. The third-order valence-electron chi connectivity index (χ3n) is 3.59. The molecule has 0 aliphatic carbocycles. The molecule has 0 fully saturated rings. The number of nitrogens with zero attached hydrogens (tertiary/aromatic N) is 1. The molecule has 9 heteroatoms. The largest absolute Gasteiger partial charge is 0.507 e. The highest BCUT2D eigenvalue weighted by molar-refractivity contribution is 6.14. The van der Waals surface area contributed by atoms with Gasteiger partial charge in [0.25, 0.3) is 0 Å². The Bertz CT molecular complexity index is 852. The smallest absolute Gasteiger partial charge is 0.354 e. The van der Waals surface area contributed by atoms with Gasteiger partial charge in [-0.2, -0.15) is 0 Å². The number of esters is 3. The zero-order valence-electron chi connectivity index (χ0n) is 14.1. The van der Waals surface area contributed by atoms with E-state index < -0.39 is 23.7 Å². The fourth-order valence-corrected chi connectivity index (χ4v) is 2.57. The highest BCUT2D eigenvalue weighted by Crippen LogP contribution is 2.34. The van der Waals surface area contributed by atoms with Gasteiger partial charge in [0, 0.05) is 12.5 Å². The van der Waals surface area contributed by atoms with Gasteiger partial charge in [0.15, 0.2) is 0 Å². The van der Waals surface area contributed by atoms with E-state index in [9.17, 15) is 19.5 Å². The van der Waals surface area contributed by atoms with Crippen molar-refractivity contribution in [3.8, 4) is 5.75 Å². The molecule has 0 aliphatic heterocycles. The molecule has 1 aromatic heterocycles. The van der Waals surface area contributed by atoms with E-state index in [0.717, 1.165) is 14.2 Å². The van der Waals surface area contributed by atoms with Crippen LogP contribution in [-0.2, 0) is 25.7 Å². The van der Waals surface area contributed by atoms with Crippen LogP contribution < -0.4 is 0 Å². The Morgan fingerprint density at radius 3 is 2.00 bits per heavy atom. The number of ether oxygens (including phenoxy) is 4. The van der Waals surface area contributed by atoms with E-state index in [1.54, 1.807) is 0 Å². The predicted molar refractivity (Wildman–Crippen MR) is 84.6 cm³/mol. The van der Waals surface area contributed by atoms with Gasteiger partial charge in [-0.15, -0.1) is 0 Å². The van der Waals surface area contributed by atoms with Crippen LogP contribution in [0.4, 0.5) is 0 Å². The van der Waals surface area contributed by atoms with E-state index in [-0.39, 0.29) is 29.1 Å². The van der Waals surface area contributed by atoms with Crippen LogP contribution in [0.1, 0.15) is 31.2 Å². The Kier molecular flexibility index (Phi) is 5.28. The summed E-state index contributed by atoms with van der Waals surface area (Å²) in [7, 11) is 4.84. The van der Waals surface area contributed by atoms with Gasteiger partial charge in [0.05, 0.1) is 26.8 Å². The molecule has 0 atom stereocenters. The van der Waals surface area contributed by atoms with Gasteiger partial charge in [0.1, 0.15) is 29.3 Å². The summed E-state index contributed by atoms with van der Waals surface area (Å²) in [5.41, 5.74) is -0.358. The Balaban J connectivity index is 3.00. The molecule has 1 aromatic carbocycles. The van der Waals surface area contributed by atoms with Crippen molar-refractivity contribution in [3.63, 3.8) is 0 Å². The molecule has 0 unspecified atom stereocenters. The number of phenolic OH excluding ortho intramolecular Hbond substituents is 1. The Morgan fingerprint density at radius 2 is 1.48 bits per heavy atom. The topological polar surface area (TPSA) is 113 Å². The van der Waals surface area contributed by atoms with Gasteiger partial charge in [-0.1, -0.05) is 0 Å². The quantitative estimate of drug-likeness (QED) is 0.634. The van der Waals surface area contributed by atoms with Crippen LogP contribution in [0.3, 0.4) is 0 Å². The molecule has 0 radical (unpaired) electrons. The van der Waals surface area contributed by atoms with Crippen molar-refractivity contribution in [1.29, 1.82) is 0 Å². The fraction of sp³-hybridized carbons (Fsp3) is 0.312. The van der Waals surface area contributed by atoms with E-state index in [1.165, 1.54) is 30.9 Å². The van der Waals surface area contributed by atoms with Gasteiger partial charge in [0.2, 0.25) is 0 Å². The van der Waals surface area contributed by atoms with Crippen molar-refractivity contribution in [2.24, 2.45) is 0 Å². The number of hydrogen-bond donors (Lipinski definition) is 1. The predicted octanol–water partition coefficient (Wildman–Crippen LogP) is 1.31. The molecule has 0 bridgehead atoms. The van der Waals surface area contributed by atoms with Crippen molar-refractivity contribution in [2.75, 3.05) is 28.4 Å². The maximum absolute atomic E-state index is 12.3. The average molecular weight is 351 g/mol. The number of aromatic nitrogens is 1. The second-order valence-corrected chi connectivity index (χ2v) is 4.93.